The number of nitrogens with one attached hydrogen (secondary N) is 1. The van der Waals surface area contributed by atoms with Gasteiger partial charge in [0.25, 0.3) is 0 Å². The highest BCUT2D eigenvalue weighted by molar-refractivity contribution is 5.97. The van der Waals surface area contributed by atoms with Crippen molar-refractivity contribution in [3.05, 3.63) is 59.0 Å². The molecule has 1 aliphatic heterocycles. The summed E-state index contributed by atoms with van der Waals surface area (Å²) >= 11 is 0. The fourth-order valence-corrected chi connectivity index (χ4v) is 4.10. The average molecular weight is 380 g/mol. The molecule has 3 atom stereocenters. The first-order valence-corrected chi connectivity index (χ1v) is 9.80. The Morgan fingerprint density at radius 3 is 2.82 bits per heavy atom. The molecule has 0 amide bonds. The summed E-state index contributed by atoms with van der Waals surface area (Å²) in [4.78, 5) is 0. The van der Waals surface area contributed by atoms with Gasteiger partial charge in [-0.25, -0.2) is 0 Å². The maximum Gasteiger partial charge on any atom is 0.240 e. The summed E-state index contributed by atoms with van der Waals surface area (Å²) in [5.74, 6) is 0.849. The largest absolute Gasteiger partial charge is 0.442 e. The number of aryl methyl sites for hydroxylation is 1. The quantitative estimate of drug-likeness (QED) is 0.863. The van der Waals surface area contributed by atoms with E-state index in [9.17, 15) is 0 Å². The standard InChI is InChI=1S/C22H28N4O2/c1-14-11-17(12-15(2)20(14)27-5)21-23-25-22(3,28-21)19-13-18(26(4)24-19)16-9-7-6-8-10-16/h7,9-14,20,25H,6,8H2,1-5H3. The molecule has 0 spiro atoms. The molecule has 4 rings (SSSR count). The van der Waals surface area contributed by atoms with Crippen molar-refractivity contribution in [2.75, 3.05) is 7.11 Å². The SMILES string of the molecule is COC1C(C)=CC(C2=NNC(C)(c3cc(C4=CCCC=C4)n(C)n3)O2)=CC1C. The van der Waals surface area contributed by atoms with Crippen molar-refractivity contribution in [1.82, 2.24) is 15.2 Å². The molecular weight excluding hydrogens is 352 g/mol. The molecule has 0 bridgehead atoms. The van der Waals surface area contributed by atoms with Gasteiger partial charge in [-0.15, -0.1) is 5.10 Å². The van der Waals surface area contributed by atoms with E-state index in [2.05, 4.69) is 60.8 Å². The molecule has 2 heterocycles. The monoisotopic (exact) mass is 380 g/mol. The molecule has 6 nitrogen and oxygen atoms in total. The molecule has 0 saturated heterocycles. The van der Waals surface area contributed by atoms with Crippen LogP contribution in [0.1, 0.15) is 45.0 Å². The zero-order chi connectivity index (χ0) is 19.9. The molecule has 0 radical (unpaired) electrons. The third-order valence-corrected chi connectivity index (χ3v) is 5.58. The van der Waals surface area contributed by atoms with Gasteiger partial charge in [-0.05, 0) is 43.1 Å². The first kappa shape index (κ1) is 18.7. The highest BCUT2D eigenvalue weighted by atomic mass is 16.5. The van der Waals surface area contributed by atoms with E-state index >= 15 is 0 Å². The minimum absolute atomic E-state index is 0.0975. The third-order valence-electron chi connectivity index (χ3n) is 5.58. The van der Waals surface area contributed by atoms with E-state index in [4.69, 9.17) is 14.6 Å². The molecule has 28 heavy (non-hydrogen) atoms. The molecule has 3 aliphatic rings. The number of nitrogens with zero attached hydrogens (tertiary/aromatic N) is 3. The maximum atomic E-state index is 6.27. The molecule has 6 heteroatoms. The van der Waals surface area contributed by atoms with Crippen molar-refractivity contribution in [2.45, 2.75) is 45.4 Å². The summed E-state index contributed by atoms with van der Waals surface area (Å²) in [6.45, 7) is 6.18. The van der Waals surface area contributed by atoms with Crippen LogP contribution < -0.4 is 5.43 Å². The second kappa shape index (κ2) is 7.09. The number of hydrazone groups is 1. The zero-order valence-corrected chi connectivity index (χ0v) is 17.2. The fourth-order valence-electron chi connectivity index (χ4n) is 4.10. The van der Waals surface area contributed by atoms with E-state index in [-0.39, 0.29) is 12.0 Å². The highest BCUT2D eigenvalue weighted by Crippen LogP contribution is 2.33. The average Bonchev–Trinajstić information content (AvgIpc) is 3.27. The Morgan fingerprint density at radius 2 is 2.14 bits per heavy atom. The molecule has 1 N–H and O–H groups in total. The molecule has 0 aromatic carbocycles. The summed E-state index contributed by atoms with van der Waals surface area (Å²) in [6, 6.07) is 2.08. The van der Waals surface area contributed by atoms with Gasteiger partial charge in [0.05, 0.1) is 11.8 Å². The van der Waals surface area contributed by atoms with Crippen LogP contribution >= 0.6 is 0 Å². The smallest absolute Gasteiger partial charge is 0.240 e. The highest BCUT2D eigenvalue weighted by Gasteiger charge is 2.39. The van der Waals surface area contributed by atoms with Crippen molar-refractivity contribution in [3.63, 3.8) is 0 Å². The van der Waals surface area contributed by atoms with Gasteiger partial charge in [0, 0.05) is 32.6 Å². The summed E-state index contributed by atoms with van der Waals surface area (Å²) in [7, 11) is 3.71. The van der Waals surface area contributed by atoms with Crippen molar-refractivity contribution in [2.24, 2.45) is 18.1 Å². The van der Waals surface area contributed by atoms with Crippen LogP contribution in [0.25, 0.3) is 5.57 Å². The van der Waals surface area contributed by atoms with E-state index in [1.165, 1.54) is 11.1 Å². The van der Waals surface area contributed by atoms with Crippen molar-refractivity contribution in [3.8, 4) is 0 Å². The number of ether oxygens (including phenoxy) is 2. The summed E-state index contributed by atoms with van der Waals surface area (Å²) < 4.78 is 13.7. The van der Waals surface area contributed by atoms with E-state index in [1.54, 1.807) is 7.11 Å². The predicted octanol–water partition coefficient (Wildman–Crippen LogP) is 3.80. The lowest BCUT2D eigenvalue weighted by Crippen LogP contribution is -2.35. The fraction of sp³-hybridized carbons (Fsp3) is 0.455. The normalized spacial score (nSPS) is 29.5. The zero-order valence-electron chi connectivity index (χ0n) is 17.2. The van der Waals surface area contributed by atoms with Crippen LogP contribution in [0, 0.1) is 5.92 Å². The van der Waals surface area contributed by atoms with Crippen LogP contribution in [0.15, 0.2) is 52.7 Å². The number of rotatable bonds is 4. The minimum atomic E-state index is -0.797. The Labute approximate surface area is 166 Å². The second-order valence-electron chi connectivity index (χ2n) is 7.87. The number of methoxy groups -OCH3 is 1. The Hall–Kier alpha value is -2.60. The van der Waals surface area contributed by atoms with Crippen molar-refractivity contribution >= 4 is 11.5 Å². The molecular formula is C22H28N4O2. The van der Waals surface area contributed by atoms with Crippen LogP contribution in [0.5, 0.6) is 0 Å². The van der Waals surface area contributed by atoms with E-state index in [0.29, 0.717) is 5.90 Å². The Morgan fingerprint density at radius 1 is 1.32 bits per heavy atom. The van der Waals surface area contributed by atoms with Gasteiger partial charge >= 0.3 is 0 Å². The number of aromatic nitrogens is 2. The molecule has 3 unspecified atom stereocenters. The van der Waals surface area contributed by atoms with Gasteiger partial charge in [0.15, 0.2) is 0 Å². The molecule has 1 aromatic rings. The van der Waals surface area contributed by atoms with Crippen molar-refractivity contribution in [1.29, 1.82) is 0 Å². The molecule has 1 aromatic heterocycles. The maximum absolute atomic E-state index is 6.27. The van der Waals surface area contributed by atoms with Gasteiger partial charge in [0.2, 0.25) is 11.6 Å². The van der Waals surface area contributed by atoms with Crippen LogP contribution in [0.3, 0.4) is 0 Å². The van der Waals surface area contributed by atoms with Crippen molar-refractivity contribution < 1.29 is 9.47 Å². The van der Waals surface area contributed by atoms with Gasteiger partial charge in [-0.1, -0.05) is 31.2 Å². The van der Waals surface area contributed by atoms with E-state index in [0.717, 1.165) is 29.8 Å². The summed E-state index contributed by atoms with van der Waals surface area (Å²) in [5, 5.41) is 9.17. The first-order chi connectivity index (χ1) is 13.4. The molecule has 2 aliphatic carbocycles. The molecule has 0 saturated carbocycles. The Kier molecular flexibility index (Phi) is 4.75. The van der Waals surface area contributed by atoms with Crippen LogP contribution in [-0.4, -0.2) is 28.9 Å². The lowest BCUT2D eigenvalue weighted by Gasteiger charge is -2.27. The van der Waals surface area contributed by atoms with Crippen LogP contribution in [-0.2, 0) is 22.2 Å². The Balaban J connectivity index is 1.56. The van der Waals surface area contributed by atoms with E-state index < -0.39 is 5.72 Å². The van der Waals surface area contributed by atoms with Crippen LogP contribution in [0.4, 0.5) is 0 Å². The summed E-state index contributed by atoms with van der Waals surface area (Å²) in [6.07, 6.45) is 13.1. The van der Waals surface area contributed by atoms with Gasteiger partial charge in [-0.2, -0.15) is 5.10 Å². The number of hydrogen-bond acceptors (Lipinski definition) is 5. The van der Waals surface area contributed by atoms with E-state index in [1.807, 2.05) is 18.7 Å². The topological polar surface area (TPSA) is 60.7 Å². The molecule has 0 fully saturated rings. The summed E-state index contributed by atoms with van der Waals surface area (Å²) in [5.41, 5.74) is 7.58. The molecule has 148 valence electrons. The lowest BCUT2D eigenvalue weighted by molar-refractivity contribution is 0.0612. The Bertz CT molecular complexity index is 934. The first-order valence-electron chi connectivity index (χ1n) is 9.80. The van der Waals surface area contributed by atoms with Crippen LogP contribution in [0.2, 0.25) is 0 Å². The second-order valence-corrected chi connectivity index (χ2v) is 7.87. The third kappa shape index (κ3) is 3.22. The van der Waals surface area contributed by atoms with Gasteiger partial charge in [0.1, 0.15) is 5.69 Å². The number of hydrogen-bond donors (Lipinski definition) is 1. The lowest BCUT2D eigenvalue weighted by atomic mass is 9.89. The minimum Gasteiger partial charge on any atom is -0.442 e. The van der Waals surface area contributed by atoms with Gasteiger partial charge < -0.3 is 9.47 Å². The number of allylic oxidation sites excluding steroid dienone is 4. The predicted molar refractivity (Wildman–Crippen MR) is 110 cm³/mol. The van der Waals surface area contributed by atoms with Gasteiger partial charge in [-0.3, -0.25) is 10.1 Å².